The van der Waals surface area contributed by atoms with Crippen LogP contribution in [0.15, 0.2) is 41.8 Å². The van der Waals surface area contributed by atoms with Crippen LogP contribution in [-0.2, 0) is 6.18 Å². The number of anilines is 3. The lowest BCUT2D eigenvalue weighted by Crippen LogP contribution is -2.36. The monoisotopic (exact) mass is 473 g/mol. The summed E-state index contributed by atoms with van der Waals surface area (Å²) in [7, 11) is 0. The van der Waals surface area contributed by atoms with Gasteiger partial charge in [-0.3, -0.25) is 10.2 Å². The number of carbonyl (C=O) groups excluding carboxylic acids is 1. The van der Waals surface area contributed by atoms with Gasteiger partial charge < -0.3 is 5.32 Å². The minimum absolute atomic E-state index is 0.169. The van der Waals surface area contributed by atoms with E-state index in [4.69, 9.17) is 0 Å². The highest BCUT2D eigenvalue weighted by Gasteiger charge is 2.31. The number of amides is 2. The Hall–Kier alpha value is -3.67. The van der Waals surface area contributed by atoms with Crippen LogP contribution >= 0.6 is 11.3 Å². The molecule has 0 bridgehead atoms. The van der Waals surface area contributed by atoms with Crippen molar-refractivity contribution in [2.24, 2.45) is 0 Å². The number of aromatic nitrogens is 4. The number of halogens is 3. The number of hydrogen-bond acceptors (Lipinski definition) is 6. The first kappa shape index (κ1) is 21.2. The average Bonchev–Trinajstić information content (AvgIpc) is 3.26. The molecule has 5 rings (SSSR count). The lowest BCUT2D eigenvalue weighted by atomic mass is 10.1. The van der Waals surface area contributed by atoms with Crippen LogP contribution in [-0.4, -0.2) is 38.7 Å². The molecule has 1 aliphatic rings. The highest BCUT2D eigenvalue weighted by atomic mass is 32.1. The molecule has 0 saturated carbocycles. The number of alkyl halides is 3. The van der Waals surface area contributed by atoms with Gasteiger partial charge in [-0.2, -0.15) is 18.2 Å². The van der Waals surface area contributed by atoms with Gasteiger partial charge in [-0.15, -0.1) is 16.4 Å². The number of hydrogen-bond donors (Lipinski definition) is 2. The van der Waals surface area contributed by atoms with E-state index in [1.165, 1.54) is 22.3 Å². The van der Waals surface area contributed by atoms with Crippen LogP contribution in [0.4, 0.5) is 35.4 Å². The molecule has 4 aromatic rings. The van der Waals surface area contributed by atoms with Gasteiger partial charge in [0.1, 0.15) is 0 Å². The van der Waals surface area contributed by atoms with Crippen LogP contribution < -0.4 is 15.5 Å². The Bertz CT molecular complexity index is 1350. The zero-order valence-electron chi connectivity index (χ0n) is 17.3. The van der Waals surface area contributed by atoms with Crippen LogP contribution in [0.3, 0.4) is 0 Å². The Labute approximate surface area is 190 Å². The number of nitrogens with one attached hydrogen (secondary N) is 2. The summed E-state index contributed by atoms with van der Waals surface area (Å²) in [5.41, 5.74) is 1.40. The zero-order valence-corrected chi connectivity index (χ0v) is 18.2. The van der Waals surface area contributed by atoms with E-state index >= 15 is 0 Å². The number of thiazole rings is 1. The Balaban J connectivity index is 1.47. The quantitative estimate of drug-likeness (QED) is 0.426. The van der Waals surface area contributed by atoms with Crippen LogP contribution in [0, 0.1) is 6.92 Å². The maximum atomic E-state index is 13.2. The van der Waals surface area contributed by atoms with Crippen molar-refractivity contribution < 1.29 is 18.0 Å². The van der Waals surface area contributed by atoms with Crippen molar-refractivity contribution in [3.63, 3.8) is 0 Å². The molecule has 2 N–H and O–H groups in total. The minimum atomic E-state index is -4.46. The van der Waals surface area contributed by atoms with E-state index in [0.29, 0.717) is 47.2 Å². The van der Waals surface area contributed by atoms with Crippen molar-refractivity contribution in [3.05, 3.63) is 53.0 Å². The smallest absolute Gasteiger partial charge is 0.382 e. The summed E-state index contributed by atoms with van der Waals surface area (Å²) in [5.74, 6) is 0.500. The van der Waals surface area contributed by atoms with Crippen LogP contribution in [0.2, 0.25) is 0 Å². The zero-order chi connectivity index (χ0) is 23.2. The number of benzene rings is 1. The molecule has 1 aliphatic heterocycles. The lowest BCUT2D eigenvalue weighted by Gasteiger charge is -2.21. The Kier molecular flexibility index (Phi) is 5.16. The van der Waals surface area contributed by atoms with Crippen LogP contribution in [0.25, 0.3) is 16.2 Å². The van der Waals surface area contributed by atoms with Crippen molar-refractivity contribution in [1.29, 1.82) is 0 Å². The molecule has 4 heterocycles. The van der Waals surface area contributed by atoms with Crippen molar-refractivity contribution >= 4 is 39.8 Å². The summed E-state index contributed by atoms with van der Waals surface area (Å²) in [4.78, 5) is 24.1. The fraction of sp³-hybridized carbons (Fsp3) is 0.238. The largest absolute Gasteiger partial charge is 0.416 e. The molecule has 170 valence electrons. The fourth-order valence-electron chi connectivity index (χ4n) is 3.58. The molecule has 1 aromatic carbocycles. The number of rotatable bonds is 2. The molecule has 12 heteroatoms. The Morgan fingerprint density at radius 1 is 1.21 bits per heavy atom. The number of fused-ring (bicyclic) bond motifs is 2. The first-order valence-corrected chi connectivity index (χ1v) is 11.0. The third kappa shape index (κ3) is 4.09. The Morgan fingerprint density at radius 2 is 2.06 bits per heavy atom. The summed E-state index contributed by atoms with van der Waals surface area (Å²) in [6, 6.07) is 7.85. The maximum Gasteiger partial charge on any atom is 0.416 e. The second-order valence-corrected chi connectivity index (χ2v) is 8.35. The van der Waals surface area contributed by atoms with Crippen molar-refractivity contribution in [2.75, 3.05) is 28.6 Å². The van der Waals surface area contributed by atoms with Gasteiger partial charge in [0.15, 0.2) is 5.82 Å². The number of urea groups is 1. The topological polar surface area (TPSA) is 87.5 Å². The van der Waals surface area contributed by atoms with E-state index in [1.807, 2.05) is 12.3 Å². The average molecular weight is 473 g/mol. The maximum absolute atomic E-state index is 13.2. The SMILES string of the molecule is Cc1csc2nc(NC(=O)N3CCCNc4ccc(-c5cccc(C(F)(F)F)c5)nc43)nn12. The number of carbonyl (C=O) groups is 1. The predicted octanol–water partition coefficient (Wildman–Crippen LogP) is 5.03. The molecular weight excluding hydrogens is 455 g/mol. The molecule has 0 spiro atoms. The standard InChI is InChI=1S/C21H18F3N7OS/c1-12-11-33-20-28-18(29-31(12)20)27-19(32)30-9-3-8-25-16-7-6-15(26-17(16)30)13-4-2-5-14(10-13)21(22,23)24/h2,4-7,10-11,25H,3,8-9H2,1H3,(H,27,29,32). The first-order valence-electron chi connectivity index (χ1n) is 10.1. The van der Waals surface area contributed by atoms with Gasteiger partial charge >= 0.3 is 12.2 Å². The van der Waals surface area contributed by atoms with E-state index in [9.17, 15) is 18.0 Å². The summed E-state index contributed by atoms with van der Waals surface area (Å²) in [6.45, 7) is 2.88. The summed E-state index contributed by atoms with van der Waals surface area (Å²) >= 11 is 1.41. The van der Waals surface area contributed by atoms with E-state index in [1.54, 1.807) is 22.7 Å². The van der Waals surface area contributed by atoms with E-state index in [2.05, 4.69) is 25.7 Å². The van der Waals surface area contributed by atoms with E-state index in [0.717, 1.165) is 17.8 Å². The summed E-state index contributed by atoms with van der Waals surface area (Å²) in [6.07, 6.45) is -3.80. The van der Waals surface area contributed by atoms with Crippen LogP contribution in [0.1, 0.15) is 17.7 Å². The molecule has 0 radical (unpaired) electrons. The second kappa shape index (κ2) is 8.03. The van der Waals surface area contributed by atoms with Gasteiger partial charge in [0.25, 0.3) is 5.95 Å². The van der Waals surface area contributed by atoms with E-state index in [-0.39, 0.29) is 5.95 Å². The third-order valence-corrected chi connectivity index (χ3v) is 6.13. The Morgan fingerprint density at radius 3 is 2.85 bits per heavy atom. The molecule has 3 aromatic heterocycles. The first-order chi connectivity index (χ1) is 15.8. The van der Waals surface area contributed by atoms with Gasteiger partial charge in [-0.25, -0.2) is 14.3 Å². The summed E-state index contributed by atoms with van der Waals surface area (Å²) in [5, 5.41) is 12.1. The molecule has 33 heavy (non-hydrogen) atoms. The molecule has 0 fully saturated rings. The molecular formula is C21H18F3N7OS. The molecule has 0 unspecified atom stereocenters. The normalized spacial score (nSPS) is 14.0. The molecule has 8 nitrogen and oxygen atoms in total. The predicted molar refractivity (Wildman–Crippen MR) is 120 cm³/mol. The highest BCUT2D eigenvalue weighted by Crippen LogP contribution is 2.34. The van der Waals surface area contributed by atoms with Gasteiger partial charge in [-0.05, 0) is 37.6 Å². The van der Waals surface area contributed by atoms with Crippen molar-refractivity contribution in [2.45, 2.75) is 19.5 Å². The minimum Gasteiger partial charge on any atom is -0.382 e. The number of nitrogens with zero attached hydrogens (tertiary/aromatic N) is 5. The lowest BCUT2D eigenvalue weighted by molar-refractivity contribution is -0.137. The van der Waals surface area contributed by atoms with Gasteiger partial charge in [-0.1, -0.05) is 12.1 Å². The number of pyridine rings is 1. The molecule has 2 amide bonds. The summed E-state index contributed by atoms with van der Waals surface area (Å²) < 4.78 is 41.1. The third-order valence-electron chi connectivity index (χ3n) is 5.20. The van der Waals surface area contributed by atoms with Crippen molar-refractivity contribution in [3.8, 4) is 11.3 Å². The fourth-order valence-corrected chi connectivity index (χ4v) is 4.38. The van der Waals surface area contributed by atoms with Crippen molar-refractivity contribution in [1.82, 2.24) is 19.6 Å². The van der Waals surface area contributed by atoms with Crippen LogP contribution in [0.5, 0.6) is 0 Å². The molecule has 0 saturated heterocycles. The highest BCUT2D eigenvalue weighted by molar-refractivity contribution is 7.15. The second-order valence-electron chi connectivity index (χ2n) is 7.52. The molecule has 0 aliphatic carbocycles. The van der Waals surface area contributed by atoms with E-state index < -0.39 is 17.8 Å². The van der Waals surface area contributed by atoms with Gasteiger partial charge in [0.05, 0.1) is 22.6 Å². The van der Waals surface area contributed by atoms with Gasteiger partial charge in [0.2, 0.25) is 4.96 Å². The van der Waals surface area contributed by atoms with Gasteiger partial charge in [0, 0.05) is 24.0 Å². The number of aryl methyl sites for hydroxylation is 1. The molecule has 0 atom stereocenters.